The normalized spacial score (nSPS) is 19.4. The first-order valence-electron chi connectivity index (χ1n) is 7.67. The standard InChI is InChI=1S/C17H24N2O3/c1-11(2)12(3)18-17(21)13-9-16(20)19(10-13)14-7-5-6-8-15(14)22-4/h5-8,11-13H,9-10H2,1-4H3,(H,18,21). The Kier molecular flexibility index (Phi) is 5.06. The predicted molar refractivity (Wildman–Crippen MR) is 85.9 cm³/mol. The number of ether oxygens (including phenoxy) is 1. The minimum absolute atomic E-state index is 0.0400. The van der Waals surface area contributed by atoms with E-state index in [-0.39, 0.29) is 30.2 Å². The summed E-state index contributed by atoms with van der Waals surface area (Å²) in [5.41, 5.74) is 0.724. The fourth-order valence-electron chi connectivity index (χ4n) is 2.48. The second-order valence-corrected chi connectivity index (χ2v) is 6.12. The lowest BCUT2D eigenvalue weighted by Gasteiger charge is -2.21. The van der Waals surface area contributed by atoms with Gasteiger partial charge >= 0.3 is 0 Å². The fraction of sp³-hybridized carbons (Fsp3) is 0.529. The first kappa shape index (κ1) is 16.3. The molecule has 1 aliphatic rings. The van der Waals surface area contributed by atoms with E-state index in [4.69, 9.17) is 4.74 Å². The summed E-state index contributed by atoms with van der Waals surface area (Å²) in [6, 6.07) is 7.48. The molecule has 22 heavy (non-hydrogen) atoms. The van der Waals surface area contributed by atoms with Crippen molar-refractivity contribution < 1.29 is 14.3 Å². The highest BCUT2D eigenvalue weighted by Gasteiger charge is 2.36. The van der Waals surface area contributed by atoms with Gasteiger partial charge in [-0.15, -0.1) is 0 Å². The number of hydrogen-bond acceptors (Lipinski definition) is 3. The van der Waals surface area contributed by atoms with Crippen molar-refractivity contribution in [3.05, 3.63) is 24.3 Å². The minimum atomic E-state index is -0.307. The molecule has 0 saturated carbocycles. The monoisotopic (exact) mass is 304 g/mol. The first-order chi connectivity index (χ1) is 10.4. The van der Waals surface area contributed by atoms with Gasteiger partial charge in [0.25, 0.3) is 0 Å². The van der Waals surface area contributed by atoms with E-state index >= 15 is 0 Å². The lowest BCUT2D eigenvalue weighted by molar-refractivity contribution is -0.127. The summed E-state index contributed by atoms with van der Waals surface area (Å²) >= 11 is 0. The van der Waals surface area contributed by atoms with Crippen molar-refractivity contribution in [3.8, 4) is 5.75 Å². The van der Waals surface area contributed by atoms with E-state index in [0.29, 0.717) is 18.2 Å². The van der Waals surface area contributed by atoms with Gasteiger partial charge in [0, 0.05) is 19.0 Å². The van der Waals surface area contributed by atoms with Crippen molar-refractivity contribution >= 4 is 17.5 Å². The summed E-state index contributed by atoms with van der Waals surface area (Å²) in [6.07, 6.45) is 0.245. The maximum absolute atomic E-state index is 12.3. The van der Waals surface area contributed by atoms with E-state index in [1.807, 2.05) is 31.2 Å². The van der Waals surface area contributed by atoms with Crippen LogP contribution in [0.2, 0.25) is 0 Å². The zero-order chi connectivity index (χ0) is 16.3. The van der Waals surface area contributed by atoms with Crippen LogP contribution in [0.15, 0.2) is 24.3 Å². The van der Waals surface area contributed by atoms with Gasteiger partial charge in [0.2, 0.25) is 11.8 Å². The topological polar surface area (TPSA) is 58.6 Å². The van der Waals surface area contributed by atoms with Crippen molar-refractivity contribution in [2.75, 3.05) is 18.6 Å². The zero-order valence-corrected chi connectivity index (χ0v) is 13.6. The first-order valence-corrected chi connectivity index (χ1v) is 7.67. The van der Waals surface area contributed by atoms with Crippen LogP contribution in [0.25, 0.3) is 0 Å². The van der Waals surface area contributed by atoms with Crippen LogP contribution in [0.1, 0.15) is 27.2 Å². The molecule has 1 saturated heterocycles. The molecule has 1 heterocycles. The van der Waals surface area contributed by atoms with Crippen LogP contribution < -0.4 is 15.0 Å². The third kappa shape index (κ3) is 3.40. The van der Waals surface area contributed by atoms with E-state index in [9.17, 15) is 9.59 Å². The molecule has 0 bridgehead atoms. The third-order valence-electron chi connectivity index (χ3n) is 4.24. The molecule has 0 radical (unpaired) electrons. The number of methoxy groups -OCH3 is 1. The molecular formula is C17H24N2O3. The van der Waals surface area contributed by atoms with Crippen LogP contribution in [0.4, 0.5) is 5.69 Å². The average Bonchev–Trinajstić information content (AvgIpc) is 2.88. The molecular weight excluding hydrogens is 280 g/mol. The van der Waals surface area contributed by atoms with E-state index in [2.05, 4.69) is 19.2 Å². The van der Waals surface area contributed by atoms with Gasteiger partial charge < -0.3 is 15.0 Å². The quantitative estimate of drug-likeness (QED) is 0.907. The minimum Gasteiger partial charge on any atom is -0.495 e. The van der Waals surface area contributed by atoms with Gasteiger partial charge in [-0.3, -0.25) is 9.59 Å². The lowest BCUT2D eigenvalue weighted by atomic mass is 10.0. The van der Waals surface area contributed by atoms with Crippen LogP contribution in [0.3, 0.4) is 0 Å². The average molecular weight is 304 g/mol. The molecule has 120 valence electrons. The fourth-order valence-corrected chi connectivity index (χ4v) is 2.48. The van der Waals surface area contributed by atoms with Crippen molar-refractivity contribution in [1.29, 1.82) is 0 Å². The number of amides is 2. The summed E-state index contributed by atoms with van der Waals surface area (Å²) in [5, 5.41) is 2.99. The van der Waals surface area contributed by atoms with Crippen LogP contribution in [0, 0.1) is 11.8 Å². The van der Waals surface area contributed by atoms with Gasteiger partial charge in [-0.25, -0.2) is 0 Å². The van der Waals surface area contributed by atoms with Gasteiger partial charge in [0.05, 0.1) is 18.7 Å². The second kappa shape index (κ2) is 6.81. The Morgan fingerprint density at radius 1 is 1.32 bits per heavy atom. The Bertz CT molecular complexity index is 557. The highest BCUT2D eigenvalue weighted by atomic mass is 16.5. The molecule has 2 atom stereocenters. The predicted octanol–water partition coefficient (Wildman–Crippen LogP) is 2.21. The van der Waals surface area contributed by atoms with Crippen molar-refractivity contribution in [2.45, 2.75) is 33.2 Å². The summed E-state index contributed by atoms with van der Waals surface area (Å²) < 4.78 is 5.30. The number of rotatable bonds is 5. The SMILES string of the molecule is COc1ccccc1N1CC(C(=O)NC(C)C(C)C)CC1=O. The van der Waals surface area contributed by atoms with Crippen molar-refractivity contribution in [3.63, 3.8) is 0 Å². The smallest absolute Gasteiger partial charge is 0.227 e. The molecule has 1 aromatic rings. The molecule has 2 unspecified atom stereocenters. The van der Waals surface area contributed by atoms with E-state index in [1.165, 1.54) is 0 Å². The maximum Gasteiger partial charge on any atom is 0.227 e. The lowest BCUT2D eigenvalue weighted by Crippen LogP contribution is -2.40. The summed E-state index contributed by atoms with van der Waals surface area (Å²) in [6.45, 7) is 6.50. The molecule has 2 amide bonds. The van der Waals surface area contributed by atoms with Crippen LogP contribution >= 0.6 is 0 Å². The Morgan fingerprint density at radius 2 is 2.00 bits per heavy atom. The zero-order valence-electron chi connectivity index (χ0n) is 13.6. The molecule has 5 heteroatoms. The van der Waals surface area contributed by atoms with Crippen LogP contribution in [-0.2, 0) is 9.59 Å². The largest absolute Gasteiger partial charge is 0.495 e. The van der Waals surface area contributed by atoms with E-state index < -0.39 is 0 Å². The molecule has 0 spiro atoms. The molecule has 2 rings (SSSR count). The van der Waals surface area contributed by atoms with Crippen molar-refractivity contribution in [1.82, 2.24) is 5.32 Å². The number of anilines is 1. The van der Waals surface area contributed by atoms with Gasteiger partial charge in [-0.1, -0.05) is 26.0 Å². The Labute approximate surface area is 131 Å². The van der Waals surface area contributed by atoms with Gasteiger partial charge in [0.1, 0.15) is 5.75 Å². The van der Waals surface area contributed by atoms with E-state index in [1.54, 1.807) is 12.0 Å². The molecule has 1 N–H and O–H groups in total. The number of nitrogens with one attached hydrogen (secondary N) is 1. The molecule has 1 aliphatic heterocycles. The van der Waals surface area contributed by atoms with Gasteiger partial charge in [-0.2, -0.15) is 0 Å². The molecule has 0 aliphatic carbocycles. The summed E-state index contributed by atoms with van der Waals surface area (Å²) in [4.78, 5) is 26.2. The van der Waals surface area contributed by atoms with Crippen LogP contribution in [-0.4, -0.2) is 31.5 Å². The van der Waals surface area contributed by atoms with Crippen LogP contribution in [0.5, 0.6) is 5.75 Å². The second-order valence-electron chi connectivity index (χ2n) is 6.12. The molecule has 5 nitrogen and oxygen atoms in total. The third-order valence-corrected chi connectivity index (χ3v) is 4.24. The highest BCUT2D eigenvalue weighted by molar-refractivity contribution is 6.01. The number of benzene rings is 1. The number of hydrogen-bond donors (Lipinski definition) is 1. The number of para-hydroxylation sites is 2. The highest BCUT2D eigenvalue weighted by Crippen LogP contribution is 2.32. The number of nitrogens with zero attached hydrogens (tertiary/aromatic N) is 1. The van der Waals surface area contributed by atoms with Crippen molar-refractivity contribution in [2.24, 2.45) is 11.8 Å². The Hall–Kier alpha value is -2.04. The Balaban J connectivity index is 2.09. The Morgan fingerprint density at radius 3 is 2.64 bits per heavy atom. The number of carbonyl (C=O) groups excluding carboxylic acids is 2. The van der Waals surface area contributed by atoms with E-state index in [0.717, 1.165) is 5.69 Å². The van der Waals surface area contributed by atoms with Gasteiger partial charge in [0.15, 0.2) is 0 Å². The summed E-state index contributed by atoms with van der Waals surface area (Å²) in [5.74, 6) is 0.617. The molecule has 0 aromatic heterocycles. The summed E-state index contributed by atoms with van der Waals surface area (Å²) in [7, 11) is 1.58. The van der Waals surface area contributed by atoms with Gasteiger partial charge in [-0.05, 0) is 25.0 Å². The molecule has 1 fully saturated rings. The number of carbonyl (C=O) groups is 2. The maximum atomic E-state index is 12.3. The molecule has 1 aromatic carbocycles.